The number of benzene rings is 1. The standard InChI is InChI=1S/C14H23NS/c1-5-6-11(2)16-14-9-7-13(8-10-14)12(3)15-4/h7-12,15H,5-6H2,1-4H3. The molecule has 0 spiro atoms. The predicted molar refractivity (Wildman–Crippen MR) is 74.1 cm³/mol. The van der Waals surface area contributed by atoms with E-state index in [1.54, 1.807) is 0 Å². The molecule has 0 aliphatic carbocycles. The van der Waals surface area contributed by atoms with E-state index >= 15 is 0 Å². The predicted octanol–water partition coefficient (Wildman–Crippen LogP) is 4.25. The fourth-order valence-electron chi connectivity index (χ4n) is 1.70. The van der Waals surface area contributed by atoms with Crippen LogP contribution in [0.1, 0.15) is 45.2 Å². The van der Waals surface area contributed by atoms with Crippen molar-refractivity contribution in [3.05, 3.63) is 29.8 Å². The highest BCUT2D eigenvalue weighted by molar-refractivity contribution is 7.99. The third-order valence-corrected chi connectivity index (χ3v) is 4.03. The Balaban J connectivity index is 2.57. The van der Waals surface area contributed by atoms with Crippen LogP contribution in [-0.4, -0.2) is 12.3 Å². The summed E-state index contributed by atoms with van der Waals surface area (Å²) in [6.45, 7) is 6.73. The molecule has 0 heterocycles. The van der Waals surface area contributed by atoms with Gasteiger partial charge in [0.1, 0.15) is 0 Å². The maximum atomic E-state index is 3.25. The van der Waals surface area contributed by atoms with Crippen molar-refractivity contribution in [1.82, 2.24) is 5.32 Å². The molecule has 1 aromatic rings. The Bertz CT molecular complexity index is 294. The second kappa shape index (κ2) is 6.97. The van der Waals surface area contributed by atoms with E-state index < -0.39 is 0 Å². The highest BCUT2D eigenvalue weighted by Crippen LogP contribution is 2.26. The van der Waals surface area contributed by atoms with Crippen molar-refractivity contribution in [2.75, 3.05) is 7.05 Å². The van der Waals surface area contributed by atoms with Gasteiger partial charge >= 0.3 is 0 Å². The molecule has 0 amide bonds. The molecule has 1 aromatic carbocycles. The molecule has 2 unspecified atom stereocenters. The van der Waals surface area contributed by atoms with Crippen molar-refractivity contribution >= 4 is 11.8 Å². The topological polar surface area (TPSA) is 12.0 Å². The van der Waals surface area contributed by atoms with Crippen LogP contribution in [0.3, 0.4) is 0 Å². The van der Waals surface area contributed by atoms with Gasteiger partial charge in [-0.05, 0) is 38.1 Å². The molecule has 0 aliphatic rings. The van der Waals surface area contributed by atoms with E-state index in [9.17, 15) is 0 Å². The van der Waals surface area contributed by atoms with Crippen molar-refractivity contribution in [1.29, 1.82) is 0 Å². The highest BCUT2D eigenvalue weighted by atomic mass is 32.2. The van der Waals surface area contributed by atoms with Crippen molar-refractivity contribution in [3.8, 4) is 0 Å². The lowest BCUT2D eigenvalue weighted by Gasteiger charge is -2.13. The fourth-order valence-corrected chi connectivity index (χ4v) is 2.81. The van der Waals surface area contributed by atoms with E-state index in [0.29, 0.717) is 6.04 Å². The molecule has 0 radical (unpaired) electrons. The van der Waals surface area contributed by atoms with E-state index in [1.807, 2.05) is 18.8 Å². The lowest BCUT2D eigenvalue weighted by molar-refractivity contribution is 0.652. The molecule has 0 saturated carbocycles. The second-order valence-corrected chi connectivity index (χ2v) is 5.81. The minimum absolute atomic E-state index is 0.437. The Morgan fingerprint density at radius 2 is 1.81 bits per heavy atom. The van der Waals surface area contributed by atoms with Gasteiger partial charge in [0.15, 0.2) is 0 Å². The SMILES string of the molecule is CCCC(C)Sc1ccc(C(C)NC)cc1. The molecule has 1 rings (SSSR count). The van der Waals surface area contributed by atoms with Crippen LogP contribution >= 0.6 is 11.8 Å². The van der Waals surface area contributed by atoms with Crippen LogP contribution in [0.5, 0.6) is 0 Å². The van der Waals surface area contributed by atoms with Crippen LogP contribution in [0.4, 0.5) is 0 Å². The zero-order valence-electron chi connectivity index (χ0n) is 10.8. The monoisotopic (exact) mass is 237 g/mol. The second-order valence-electron chi connectivity index (χ2n) is 4.30. The highest BCUT2D eigenvalue weighted by Gasteiger charge is 2.05. The van der Waals surface area contributed by atoms with Gasteiger partial charge in [0.05, 0.1) is 0 Å². The summed E-state index contributed by atoms with van der Waals surface area (Å²) in [6, 6.07) is 9.36. The van der Waals surface area contributed by atoms with Crippen LogP contribution < -0.4 is 5.32 Å². The smallest absolute Gasteiger partial charge is 0.0289 e. The largest absolute Gasteiger partial charge is 0.313 e. The molecular weight excluding hydrogens is 214 g/mol. The first-order valence-corrected chi connectivity index (χ1v) is 6.99. The molecule has 1 nitrogen and oxygen atoms in total. The Kier molecular flexibility index (Phi) is 5.93. The Hall–Kier alpha value is -0.470. The van der Waals surface area contributed by atoms with Crippen molar-refractivity contribution in [2.24, 2.45) is 0 Å². The van der Waals surface area contributed by atoms with Crippen LogP contribution in [0.25, 0.3) is 0 Å². The lowest BCUT2D eigenvalue weighted by atomic mass is 10.1. The minimum Gasteiger partial charge on any atom is -0.313 e. The number of hydrogen-bond acceptors (Lipinski definition) is 2. The van der Waals surface area contributed by atoms with Crippen molar-refractivity contribution in [3.63, 3.8) is 0 Å². The summed E-state index contributed by atoms with van der Waals surface area (Å²) >= 11 is 1.98. The molecule has 0 aliphatic heterocycles. The summed E-state index contributed by atoms with van der Waals surface area (Å²) in [4.78, 5) is 1.38. The summed E-state index contributed by atoms with van der Waals surface area (Å²) in [6.07, 6.45) is 2.56. The van der Waals surface area contributed by atoms with Gasteiger partial charge in [0, 0.05) is 16.2 Å². The average Bonchev–Trinajstić information content (AvgIpc) is 2.29. The molecule has 2 atom stereocenters. The van der Waals surface area contributed by atoms with Gasteiger partial charge in [0.25, 0.3) is 0 Å². The average molecular weight is 237 g/mol. The molecular formula is C14H23NS. The van der Waals surface area contributed by atoms with E-state index in [2.05, 4.69) is 50.4 Å². The molecule has 0 bridgehead atoms. The first kappa shape index (κ1) is 13.6. The van der Waals surface area contributed by atoms with Gasteiger partial charge < -0.3 is 5.32 Å². The first-order chi connectivity index (χ1) is 7.67. The maximum absolute atomic E-state index is 3.25. The van der Waals surface area contributed by atoms with Crippen molar-refractivity contribution < 1.29 is 0 Å². The van der Waals surface area contributed by atoms with Crippen LogP contribution in [-0.2, 0) is 0 Å². The van der Waals surface area contributed by atoms with E-state index in [1.165, 1.54) is 23.3 Å². The number of rotatable bonds is 6. The molecule has 1 N–H and O–H groups in total. The van der Waals surface area contributed by atoms with Crippen LogP contribution in [0.15, 0.2) is 29.2 Å². The Morgan fingerprint density at radius 3 is 2.31 bits per heavy atom. The molecule has 0 fully saturated rings. The quantitative estimate of drug-likeness (QED) is 0.742. The van der Waals surface area contributed by atoms with E-state index in [-0.39, 0.29) is 0 Å². The third-order valence-electron chi connectivity index (χ3n) is 2.85. The Labute approximate surface area is 104 Å². The number of hydrogen-bond donors (Lipinski definition) is 1. The summed E-state index contributed by atoms with van der Waals surface area (Å²) in [5.74, 6) is 0. The molecule has 90 valence electrons. The summed E-state index contributed by atoms with van der Waals surface area (Å²) in [7, 11) is 2.00. The lowest BCUT2D eigenvalue weighted by Crippen LogP contribution is -2.11. The van der Waals surface area contributed by atoms with Gasteiger partial charge in [-0.1, -0.05) is 32.4 Å². The molecule has 0 aromatic heterocycles. The fraction of sp³-hybridized carbons (Fsp3) is 0.571. The first-order valence-electron chi connectivity index (χ1n) is 6.11. The van der Waals surface area contributed by atoms with Crippen LogP contribution in [0.2, 0.25) is 0 Å². The number of nitrogens with one attached hydrogen (secondary N) is 1. The van der Waals surface area contributed by atoms with Gasteiger partial charge in [0.2, 0.25) is 0 Å². The molecule has 16 heavy (non-hydrogen) atoms. The zero-order valence-corrected chi connectivity index (χ0v) is 11.6. The minimum atomic E-state index is 0.437. The van der Waals surface area contributed by atoms with Gasteiger partial charge in [-0.25, -0.2) is 0 Å². The summed E-state index contributed by atoms with van der Waals surface area (Å²) < 4.78 is 0. The molecule has 0 saturated heterocycles. The zero-order chi connectivity index (χ0) is 12.0. The van der Waals surface area contributed by atoms with Crippen molar-refractivity contribution in [2.45, 2.75) is 49.8 Å². The van der Waals surface area contributed by atoms with E-state index in [0.717, 1.165) is 5.25 Å². The van der Waals surface area contributed by atoms with E-state index in [4.69, 9.17) is 0 Å². The summed E-state index contributed by atoms with van der Waals surface area (Å²) in [5.41, 5.74) is 1.36. The maximum Gasteiger partial charge on any atom is 0.0289 e. The van der Waals surface area contributed by atoms with Crippen LogP contribution in [0, 0.1) is 0 Å². The van der Waals surface area contributed by atoms with Gasteiger partial charge in [-0.2, -0.15) is 0 Å². The molecule has 2 heteroatoms. The summed E-state index contributed by atoms with van der Waals surface area (Å²) in [5, 5.41) is 3.97. The normalized spacial score (nSPS) is 14.8. The third kappa shape index (κ3) is 4.18. The Morgan fingerprint density at radius 1 is 1.19 bits per heavy atom. The van der Waals surface area contributed by atoms with Gasteiger partial charge in [-0.15, -0.1) is 11.8 Å². The number of thioether (sulfide) groups is 1. The van der Waals surface area contributed by atoms with Gasteiger partial charge in [-0.3, -0.25) is 0 Å².